The lowest BCUT2D eigenvalue weighted by Crippen LogP contribution is -2.08. The Hall–Kier alpha value is -1.88. The number of aromatic nitrogens is 1. The molecular formula is C15H17NO3S. The van der Waals surface area contributed by atoms with E-state index in [-0.39, 0.29) is 17.6 Å². The third kappa shape index (κ3) is 3.57. The molecule has 106 valence electrons. The summed E-state index contributed by atoms with van der Waals surface area (Å²) in [6, 6.07) is 6.92. The van der Waals surface area contributed by atoms with Crippen LogP contribution in [0.5, 0.6) is 5.75 Å². The lowest BCUT2D eigenvalue weighted by Gasteiger charge is -2.07. The van der Waals surface area contributed by atoms with Gasteiger partial charge in [0.1, 0.15) is 5.75 Å². The predicted octanol–water partition coefficient (Wildman–Crippen LogP) is 3.57. The number of carbonyl (C=O) groups excluding carboxylic acids is 1. The minimum atomic E-state index is -0.193. The molecule has 2 aromatic rings. The number of nitrogens with zero attached hydrogens (tertiary/aromatic N) is 1. The van der Waals surface area contributed by atoms with E-state index in [9.17, 15) is 9.90 Å². The van der Waals surface area contributed by atoms with Gasteiger partial charge in [-0.15, -0.1) is 11.3 Å². The van der Waals surface area contributed by atoms with Crippen LogP contribution in [0.25, 0.3) is 11.3 Å². The van der Waals surface area contributed by atoms with Crippen LogP contribution in [0.2, 0.25) is 0 Å². The Labute approximate surface area is 122 Å². The molecular weight excluding hydrogens is 274 g/mol. The number of hydrogen-bond donors (Lipinski definition) is 1. The van der Waals surface area contributed by atoms with E-state index in [2.05, 4.69) is 4.98 Å². The molecule has 0 saturated carbocycles. The molecule has 0 bridgehead atoms. The molecule has 2 rings (SSSR count). The molecule has 0 aliphatic rings. The molecule has 1 atom stereocenters. The highest BCUT2D eigenvalue weighted by molar-refractivity contribution is 7.10. The van der Waals surface area contributed by atoms with E-state index >= 15 is 0 Å². The highest BCUT2D eigenvalue weighted by Crippen LogP contribution is 2.29. The van der Waals surface area contributed by atoms with Gasteiger partial charge in [0, 0.05) is 16.9 Å². The molecule has 0 unspecified atom stereocenters. The first-order valence-electron chi connectivity index (χ1n) is 6.50. The van der Waals surface area contributed by atoms with Crippen molar-refractivity contribution >= 4 is 17.3 Å². The number of rotatable bonds is 5. The Morgan fingerprint density at radius 3 is 2.75 bits per heavy atom. The molecule has 1 N–H and O–H groups in total. The summed E-state index contributed by atoms with van der Waals surface area (Å²) in [5, 5.41) is 12.2. The second-order valence-electron chi connectivity index (χ2n) is 4.53. The Bertz CT molecular complexity index is 577. The fraction of sp³-hybridized carbons (Fsp3) is 0.333. The summed E-state index contributed by atoms with van der Waals surface area (Å²) in [6.45, 7) is 4.17. The molecule has 0 fully saturated rings. The summed E-state index contributed by atoms with van der Waals surface area (Å²) < 4.78 is 4.95. The third-order valence-corrected chi connectivity index (χ3v) is 3.96. The first kappa shape index (κ1) is 14.5. The Morgan fingerprint density at radius 2 is 2.10 bits per heavy atom. The number of phenols is 1. The van der Waals surface area contributed by atoms with Crippen molar-refractivity contribution in [3.05, 3.63) is 34.7 Å². The van der Waals surface area contributed by atoms with E-state index in [1.54, 1.807) is 19.1 Å². The van der Waals surface area contributed by atoms with Gasteiger partial charge in [-0.05, 0) is 31.2 Å². The van der Waals surface area contributed by atoms with Crippen molar-refractivity contribution in [1.29, 1.82) is 0 Å². The standard InChI is InChI=1S/C15H17NO3S/c1-3-19-14(18)8-10(2)15-16-13(9-20-15)11-4-6-12(17)7-5-11/h4-7,9-10,17H,3,8H2,1-2H3/t10-/m0/s1. The average molecular weight is 291 g/mol. The zero-order valence-electron chi connectivity index (χ0n) is 11.5. The van der Waals surface area contributed by atoms with Crippen LogP contribution < -0.4 is 0 Å². The van der Waals surface area contributed by atoms with E-state index in [1.807, 2.05) is 24.4 Å². The second kappa shape index (κ2) is 6.52. The van der Waals surface area contributed by atoms with Crippen LogP contribution in [0.3, 0.4) is 0 Å². The molecule has 1 heterocycles. The van der Waals surface area contributed by atoms with Gasteiger partial charge in [-0.2, -0.15) is 0 Å². The second-order valence-corrected chi connectivity index (χ2v) is 5.42. The summed E-state index contributed by atoms with van der Waals surface area (Å²) in [4.78, 5) is 16.0. The molecule has 1 aromatic heterocycles. The molecule has 20 heavy (non-hydrogen) atoms. The average Bonchev–Trinajstić information content (AvgIpc) is 2.89. The van der Waals surface area contributed by atoms with Crippen LogP contribution >= 0.6 is 11.3 Å². The van der Waals surface area contributed by atoms with Gasteiger partial charge in [-0.1, -0.05) is 6.92 Å². The van der Waals surface area contributed by atoms with Crippen molar-refractivity contribution in [2.24, 2.45) is 0 Å². The number of aromatic hydroxyl groups is 1. The first-order valence-corrected chi connectivity index (χ1v) is 7.38. The summed E-state index contributed by atoms with van der Waals surface area (Å²) in [7, 11) is 0. The van der Waals surface area contributed by atoms with E-state index in [0.29, 0.717) is 13.0 Å². The quantitative estimate of drug-likeness (QED) is 0.855. The number of esters is 1. The van der Waals surface area contributed by atoms with Crippen molar-refractivity contribution in [1.82, 2.24) is 4.98 Å². The van der Waals surface area contributed by atoms with Gasteiger partial charge in [0.15, 0.2) is 0 Å². The Balaban J connectivity index is 2.08. The van der Waals surface area contributed by atoms with Crippen LogP contribution in [0, 0.1) is 0 Å². The SMILES string of the molecule is CCOC(=O)C[C@H](C)c1nc(-c2ccc(O)cc2)cs1. The van der Waals surface area contributed by atoms with Crippen molar-refractivity contribution < 1.29 is 14.6 Å². The molecule has 5 heteroatoms. The molecule has 4 nitrogen and oxygen atoms in total. The molecule has 0 aliphatic heterocycles. The van der Waals surface area contributed by atoms with E-state index in [4.69, 9.17) is 4.74 Å². The van der Waals surface area contributed by atoms with Gasteiger partial charge >= 0.3 is 5.97 Å². The minimum absolute atomic E-state index is 0.0462. The first-order chi connectivity index (χ1) is 9.60. The van der Waals surface area contributed by atoms with E-state index in [0.717, 1.165) is 16.3 Å². The van der Waals surface area contributed by atoms with Crippen molar-refractivity contribution in [3.8, 4) is 17.0 Å². The van der Waals surface area contributed by atoms with Crippen molar-refractivity contribution in [2.45, 2.75) is 26.2 Å². The lowest BCUT2D eigenvalue weighted by molar-refractivity contribution is -0.143. The molecule has 0 radical (unpaired) electrons. The highest BCUT2D eigenvalue weighted by Gasteiger charge is 2.16. The number of benzene rings is 1. The number of thiazole rings is 1. The Morgan fingerprint density at radius 1 is 1.40 bits per heavy atom. The normalized spacial score (nSPS) is 12.1. The van der Waals surface area contributed by atoms with E-state index < -0.39 is 0 Å². The van der Waals surface area contributed by atoms with Gasteiger partial charge in [-0.25, -0.2) is 4.98 Å². The molecule has 0 amide bonds. The van der Waals surface area contributed by atoms with E-state index in [1.165, 1.54) is 11.3 Å². The van der Waals surface area contributed by atoms with Crippen LogP contribution in [0.1, 0.15) is 31.2 Å². The van der Waals surface area contributed by atoms with Gasteiger partial charge in [0.25, 0.3) is 0 Å². The van der Waals surface area contributed by atoms with Crippen LogP contribution in [-0.2, 0) is 9.53 Å². The summed E-state index contributed by atoms with van der Waals surface area (Å²) in [5.74, 6) is 0.0891. The number of hydrogen-bond acceptors (Lipinski definition) is 5. The van der Waals surface area contributed by atoms with Gasteiger partial charge in [-0.3, -0.25) is 4.79 Å². The molecule has 0 spiro atoms. The van der Waals surface area contributed by atoms with Crippen LogP contribution in [0.15, 0.2) is 29.6 Å². The van der Waals surface area contributed by atoms with Crippen LogP contribution in [0.4, 0.5) is 0 Å². The summed E-state index contributed by atoms with van der Waals surface area (Å²) in [6.07, 6.45) is 0.344. The highest BCUT2D eigenvalue weighted by atomic mass is 32.1. The zero-order valence-corrected chi connectivity index (χ0v) is 12.3. The molecule has 0 saturated heterocycles. The van der Waals surface area contributed by atoms with Crippen molar-refractivity contribution in [3.63, 3.8) is 0 Å². The third-order valence-electron chi connectivity index (χ3n) is 2.88. The molecule has 1 aromatic carbocycles. The summed E-state index contributed by atoms with van der Waals surface area (Å²) >= 11 is 1.54. The molecule has 0 aliphatic carbocycles. The smallest absolute Gasteiger partial charge is 0.306 e. The van der Waals surface area contributed by atoms with Crippen LogP contribution in [-0.4, -0.2) is 22.7 Å². The number of phenolic OH excluding ortho intramolecular Hbond substituents is 1. The maximum Gasteiger partial charge on any atom is 0.306 e. The Kier molecular flexibility index (Phi) is 4.74. The zero-order chi connectivity index (χ0) is 14.5. The summed E-state index contributed by atoms with van der Waals surface area (Å²) in [5.41, 5.74) is 1.81. The van der Waals surface area contributed by atoms with Crippen molar-refractivity contribution in [2.75, 3.05) is 6.61 Å². The van der Waals surface area contributed by atoms with Gasteiger partial charge in [0.2, 0.25) is 0 Å². The minimum Gasteiger partial charge on any atom is -0.508 e. The fourth-order valence-corrected chi connectivity index (χ4v) is 2.72. The van der Waals surface area contributed by atoms with Gasteiger partial charge < -0.3 is 9.84 Å². The number of carbonyl (C=O) groups is 1. The fourth-order valence-electron chi connectivity index (χ4n) is 1.84. The largest absolute Gasteiger partial charge is 0.508 e. The maximum atomic E-state index is 11.5. The predicted molar refractivity (Wildman–Crippen MR) is 78.9 cm³/mol. The topological polar surface area (TPSA) is 59.4 Å². The lowest BCUT2D eigenvalue weighted by atomic mass is 10.1. The number of ether oxygens (including phenoxy) is 1. The monoisotopic (exact) mass is 291 g/mol. The maximum absolute atomic E-state index is 11.5. The van der Waals surface area contributed by atoms with Gasteiger partial charge in [0.05, 0.1) is 23.7 Å².